The van der Waals surface area contributed by atoms with Crippen LogP contribution in [0, 0.1) is 11.8 Å². The van der Waals surface area contributed by atoms with Gasteiger partial charge in [-0.2, -0.15) is 12.6 Å². The summed E-state index contributed by atoms with van der Waals surface area (Å²) in [5.74, 6) is -8.86. The summed E-state index contributed by atoms with van der Waals surface area (Å²) >= 11 is 4.03. The Bertz CT molecular complexity index is 2400. The Labute approximate surface area is 440 Å². The number of hydrogen-bond acceptors (Lipinski definition) is 15. The molecule has 18 N–H and O–H groups in total. The molecule has 0 saturated carbocycles. The molecule has 0 fully saturated rings. The number of amides is 8. The molecule has 0 aliphatic heterocycles. The summed E-state index contributed by atoms with van der Waals surface area (Å²) in [6.45, 7) is 6.95. The van der Waals surface area contributed by atoms with E-state index in [-0.39, 0.29) is 81.3 Å². The van der Waals surface area contributed by atoms with Crippen molar-refractivity contribution in [3.05, 3.63) is 83.9 Å². The number of ether oxygens (including phenoxy) is 1. The molecule has 1 aromatic heterocycles. The number of nitrogens with zero attached hydrogens (tertiary/aromatic N) is 2. The average Bonchev–Trinajstić information content (AvgIpc) is 3.87. The minimum Gasteiger partial charge on any atom is -0.508 e. The van der Waals surface area contributed by atoms with Gasteiger partial charge in [-0.3, -0.25) is 43.3 Å². The number of hydrogen-bond donors (Lipinski definition) is 14. The largest absolute Gasteiger partial charge is 0.508 e. The number of carbonyl (C=O) groups is 9. The standard InChI is InChI=1S/C49H72N14O11S/c1-26(2)19-35(44(69)59-34(11-8-18-56-49(53)54)48(73)74-38(24-75)41(52)66)60-45(70)36(21-28-9-6-5-7-10-28)62-47(72)40(27(3)4)63-46(71)37(22-30-23-55-25-57-30)61-43(68)33(16-17-39(51)65)58-42(67)32(50)20-29-12-14-31(64)15-13-29/h5-7,9-10,12-15,23,25-27,32-38,40,64,75H,8,11,16-22,24,50H2,1-4H3,(H2,51,65)(H2,52,66)(H,55,57)(H,58,67)(H,59,69)(H,60,70)(H,61,68)(H,62,72)(H,63,71)(H4,53,54,56)/t32-,33-,34-,35-,36-,37-,38?,40-/m0/s1. The Morgan fingerprint density at radius 1 is 0.680 bits per heavy atom. The van der Waals surface area contributed by atoms with E-state index in [4.69, 9.17) is 33.4 Å². The first-order valence-corrected chi connectivity index (χ1v) is 24.9. The van der Waals surface area contributed by atoms with Crippen LogP contribution in [0.25, 0.3) is 0 Å². The number of phenolic OH excluding ortho intramolecular Hbond substituents is 1. The lowest BCUT2D eigenvalue weighted by atomic mass is 9.98. The van der Waals surface area contributed by atoms with Crippen LogP contribution in [0.4, 0.5) is 0 Å². The van der Waals surface area contributed by atoms with Crippen LogP contribution in [0.2, 0.25) is 0 Å². The Hall–Kier alpha value is -7.74. The molecule has 8 atom stereocenters. The number of aromatic nitrogens is 2. The van der Waals surface area contributed by atoms with Gasteiger partial charge in [0.15, 0.2) is 12.1 Å². The number of carbonyl (C=O) groups excluding carboxylic acids is 9. The number of aromatic amines is 1. The molecule has 8 amide bonds. The number of thiol groups is 1. The lowest BCUT2D eigenvalue weighted by molar-refractivity contribution is -0.156. The van der Waals surface area contributed by atoms with E-state index >= 15 is 0 Å². The molecule has 26 heteroatoms. The normalized spacial score (nSPS) is 14.3. The number of guanidine groups is 1. The van der Waals surface area contributed by atoms with Gasteiger partial charge in [0, 0.05) is 43.5 Å². The van der Waals surface area contributed by atoms with Crippen molar-refractivity contribution in [1.82, 2.24) is 41.9 Å². The number of aliphatic imine (C=N–C) groups is 1. The van der Waals surface area contributed by atoms with Crippen molar-refractivity contribution in [3.8, 4) is 5.75 Å². The third-order valence-corrected chi connectivity index (χ3v) is 11.8. The molecule has 3 aromatic rings. The summed E-state index contributed by atoms with van der Waals surface area (Å²) < 4.78 is 5.27. The van der Waals surface area contributed by atoms with E-state index in [1.54, 1.807) is 70.2 Å². The molecule has 2 aromatic carbocycles. The minimum absolute atomic E-state index is 0.00966. The number of esters is 1. The first-order valence-electron chi connectivity index (χ1n) is 24.3. The fraction of sp³-hybridized carbons (Fsp3) is 0.490. The second-order valence-electron chi connectivity index (χ2n) is 18.6. The fourth-order valence-corrected chi connectivity index (χ4v) is 7.68. The zero-order valence-corrected chi connectivity index (χ0v) is 43.3. The van der Waals surface area contributed by atoms with Crippen molar-refractivity contribution in [2.45, 2.75) is 127 Å². The predicted octanol–water partition coefficient (Wildman–Crippen LogP) is -2.27. The number of primary amides is 2. The van der Waals surface area contributed by atoms with Gasteiger partial charge < -0.3 is 75.4 Å². The molecule has 410 valence electrons. The molecular weight excluding hydrogens is 993 g/mol. The van der Waals surface area contributed by atoms with Crippen molar-refractivity contribution in [2.24, 2.45) is 45.5 Å². The van der Waals surface area contributed by atoms with Gasteiger partial charge in [-0.05, 0) is 67.2 Å². The molecule has 0 saturated heterocycles. The summed E-state index contributed by atoms with van der Waals surface area (Å²) in [7, 11) is 0. The Balaban J connectivity index is 1.90. The Morgan fingerprint density at radius 3 is 1.81 bits per heavy atom. The van der Waals surface area contributed by atoms with E-state index < -0.39 is 108 Å². The quantitative estimate of drug-likeness (QED) is 0.0103. The first kappa shape index (κ1) is 61.6. The van der Waals surface area contributed by atoms with Gasteiger partial charge in [0.25, 0.3) is 5.91 Å². The number of benzene rings is 2. The topological polar surface area (TPSA) is 426 Å². The number of nitrogens with one attached hydrogen (secondary N) is 7. The summed E-state index contributed by atoms with van der Waals surface area (Å²) in [6, 6.07) is 5.34. The monoisotopic (exact) mass is 1060 g/mol. The smallest absolute Gasteiger partial charge is 0.329 e. The van der Waals surface area contributed by atoms with Gasteiger partial charge in [-0.1, -0.05) is 70.2 Å². The van der Waals surface area contributed by atoms with Crippen LogP contribution in [-0.4, -0.2) is 135 Å². The van der Waals surface area contributed by atoms with Crippen molar-refractivity contribution >= 4 is 71.8 Å². The minimum atomic E-state index is -1.42. The third-order valence-electron chi connectivity index (χ3n) is 11.4. The summed E-state index contributed by atoms with van der Waals surface area (Å²) in [5, 5.41) is 25.6. The molecule has 25 nitrogen and oxygen atoms in total. The van der Waals surface area contributed by atoms with Crippen molar-refractivity contribution in [1.29, 1.82) is 0 Å². The first-order chi connectivity index (χ1) is 35.5. The fourth-order valence-electron chi connectivity index (χ4n) is 7.43. The maximum Gasteiger partial charge on any atom is 0.329 e. The highest BCUT2D eigenvalue weighted by molar-refractivity contribution is 7.80. The molecular formula is C49H72N14O11S. The number of phenols is 1. The maximum absolute atomic E-state index is 14.4. The second-order valence-corrected chi connectivity index (χ2v) is 18.9. The van der Waals surface area contributed by atoms with Crippen LogP contribution < -0.4 is 60.6 Å². The molecule has 0 aliphatic rings. The molecule has 1 unspecified atom stereocenters. The lowest BCUT2D eigenvalue weighted by Gasteiger charge is -2.29. The average molecular weight is 1070 g/mol. The molecule has 75 heavy (non-hydrogen) atoms. The van der Waals surface area contributed by atoms with Gasteiger partial charge in [-0.25, -0.2) is 9.78 Å². The zero-order valence-electron chi connectivity index (χ0n) is 42.5. The van der Waals surface area contributed by atoms with Crippen LogP contribution in [0.3, 0.4) is 0 Å². The van der Waals surface area contributed by atoms with Crippen LogP contribution in [-0.2, 0) is 67.2 Å². The van der Waals surface area contributed by atoms with Crippen molar-refractivity contribution in [2.75, 3.05) is 12.3 Å². The highest BCUT2D eigenvalue weighted by Gasteiger charge is 2.36. The number of nitrogens with two attached hydrogens (primary N) is 5. The predicted molar refractivity (Wildman–Crippen MR) is 279 cm³/mol. The van der Waals surface area contributed by atoms with Crippen LogP contribution in [0.5, 0.6) is 5.75 Å². The van der Waals surface area contributed by atoms with Crippen LogP contribution >= 0.6 is 12.6 Å². The Kier molecular flexibility index (Phi) is 25.5. The van der Waals surface area contributed by atoms with Gasteiger partial charge in [0.05, 0.1) is 12.4 Å². The molecule has 0 spiro atoms. The number of rotatable bonds is 32. The highest BCUT2D eigenvalue weighted by Crippen LogP contribution is 2.14. The van der Waals surface area contributed by atoms with Gasteiger partial charge in [0.1, 0.15) is 42.0 Å². The number of aromatic hydroxyl groups is 1. The maximum atomic E-state index is 14.4. The molecule has 0 radical (unpaired) electrons. The van der Waals surface area contributed by atoms with E-state index in [9.17, 15) is 48.3 Å². The molecule has 0 bridgehead atoms. The van der Waals surface area contributed by atoms with Crippen molar-refractivity contribution < 1.29 is 53.0 Å². The van der Waals surface area contributed by atoms with Crippen molar-refractivity contribution in [3.63, 3.8) is 0 Å². The van der Waals surface area contributed by atoms with E-state index in [1.807, 2.05) is 0 Å². The highest BCUT2D eigenvalue weighted by atomic mass is 32.1. The summed E-state index contributed by atoms with van der Waals surface area (Å²) in [5.41, 5.74) is 29.5. The van der Waals surface area contributed by atoms with E-state index in [0.29, 0.717) is 16.8 Å². The SMILES string of the molecule is CC(C)C[C@H](NC(=O)[C@H](Cc1ccccc1)NC(=O)[C@@H](NC(=O)[C@H](Cc1cnc[nH]1)NC(=O)[C@H](CCC(N)=O)NC(=O)[C@@H](N)Cc1ccc(O)cc1)C(C)C)C(=O)N[C@@H](CCCN=C(N)N)C(=O)OC(CS)C(N)=O. The van der Waals surface area contributed by atoms with E-state index in [2.05, 4.69) is 59.5 Å². The van der Waals surface area contributed by atoms with Gasteiger partial charge in [0.2, 0.25) is 41.4 Å². The van der Waals surface area contributed by atoms with E-state index in [0.717, 1.165) is 0 Å². The molecule has 1 heterocycles. The second kappa shape index (κ2) is 31.1. The molecule has 0 aliphatic carbocycles. The number of imidazole rings is 1. The molecule has 3 rings (SSSR count). The van der Waals surface area contributed by atoms with Crippen LogP contribution in [0.15, 0.2) is 72.1 Å². The number of H-pyrrole nitrogens is 1. The third kappa shape index (κ3) is 22.1. The lowest BCUT2D eigenvalue weighted by Crippen LogP contribution is -2.61. The Morgan fingerprint density at radius 2 is 1.24 bits per heavy atom. The van der Waals surface area contributed by atoms with Gasteiger partial charge >= 0.3 is 5.97 Å². The van der Waals surface area contributed by atoms with Crippen LogP contribution in [0.1, 0.15) is 76.6 Å². The summed E-state index contributed by atoms with van der Waals surface area (Å²) in [4.78, 5) is 132. The van der Waals surface area contributed by atoms with E-state index in [1.165, 1.54) is 24.7 Å². The summed E-state index contributed by atoms with van der Waals surface area (Å²) in [6.07, 6.45) is 0.726. The van der Waals surface area contributed by atoms with Gasteiger partial charge in [-0.15, -0.1) is 0 Å². The zero-order chi connectivity index (χ0) is 55.8.